The van der Waals surface area contributed by atoms with Crippen molar-refractivity contribution in [1.82, 2.24) is 10.3 Å². The molecule has 2 aliphatic rings. The van der Waals surface area contributed by atoms with Crippen LogP contribution in [0.2, 0.25) is 0 Å². The second-order valence-corrected chi connectivity index (χ2v) is 7.14. The topological polar surface area (TPSA) is 71.5 Å². The Balaban J connectivity index is 1.91. The summed E-state index contributed by atoms with van der Waals surface area (Å²) in [5.74, 6) is -1.65. The Hall–Kier alpha value is -2.80. The van der Waals surface area contributed by atoms with Crippen molar-refractivity contribution in [3.8, 4) is 11.1 Å². The number of nitrogens with one attached hydrogen (secondary N) is 1. The van der Waals surface area contributed by atoms with Gasteiger partial charge in [-0.1, -0.05) is 6.07 Å². The minimum absolute atomic E-state index is 0.188. The molecule has 1 N–H and O–H groups in total. The monoisotopic (exact) mass is 383 g/mol. The van der Waals surface area contributed by atoms with Gasteiger partial charge in [-0.05, 0) is 37.6 Å². The average Bonchev–Trinajstić information content (AvgIpc) is 2.71. The number of pyridine rings is 1. The number of carbonyl (C=O) groups excluding carboxylic acids is 2. The number of nitrogens with zero attached hydrogens (tertiary/aromatic N) is 2. The van der Waals surface area contributed by atoms with E-state index in [1.807, 2.05) is 6.07 Å². The van der Waals surface area contributed by atoms with E-state index >= 15 is 4.39 Å². The highest BCUT2D eigenvalue weighted by atomic mass is 19.1. The van der Waals surface area contributed by atoms with Crippen molar-refractivity contribution in [2.24, 2.45) is 0 Å². The summed E-state index contributed by atoms with van der Waals surface area (Å²) in [6, 6.07) is 6.86. The lowest BCUT2D eigenvalue weighted by atomic mass is 9.90. The number of amides is 1. The number of halogens is 1. The second kappa shape index (κ2) is 7.31. The van der Waals surface area contributed by atoms with Gasteiger partial charge in [-0.3, -0.25) is 19.5 Å². The molecule has 0 saturated carbocycles. The summed E-state index contributed by atoms with van der Waals surface area (Å²) in [7, 11) is 0. The number of esters is 1. The molecular weight excluding hydrogens is 361 g/mol. The molecule has 0 spiro atoms. The average molecular weight is 383 g/mol. The van der Waals surface area contributed by atoms with E-state index < -0.39 is 17.7 Å². The van der Waals surface area contributed by atoms with E-state index in [0.717, 1.165) is 18.7 Å². The molecule has 1 saturated heterocycles. The number of aromatic nitrogens is 1. The van der Waals surface area contributed by atoms with E-state index in [2.05, 4.69) is 10.3 Å². The number of rotatable bonds is 4. The third-order valence-corrected chi connectivity index (χ3v) is 5.38. The molecule has 1 aromatic heterocycles. The van der Waals surface area contributed by atoms with Crippen molar-refractivity contribution in [3.05, 3.63) is 47.5 Å². The van der Waals surface area contributed by atoms with Crippen LogP contribution in [0, 0.1) is 5.82 Å². The van der Waals surface area contributed by atoms with Crippen LogP contribution in [0.15, 0.2) is 30.5 Å². The maximum Gasteiger partial charge on any atom is 0.326 e. The highest BCUT2D eigenvalue weighted by molar-refractivity contribution is 6.07. The molecular formula is C21H22FN3O3. The molecule has 0 radical (unpaired) electrons. The van der Waals surface area contributed by atoms with Gasteiger partial charge in [-0.2, -0.15) is 0 Å². The molecule has 1 unspecified atom stereocenters. The van der Waals surface area contributed by atoms with Crippen LogP contribution in [-0.4, -0.2) is 43.1 Å². The van der Waals surface area contributed by atoms with Crippen LogP contribution in [0.5, 0.6) is 0 Å². The van der Waals surface area contributed by atoms with E-state index in [1.165, 1.54) is 11.0 Å². The normalized spacial score (nSPS) is 18.8. The highest BCUT2D eigenvalue weighted by Gasteiger charge is 2.36. The van der Waals surface area contributed by atoms with Crippen LogP contribution >= 0.6 is 0 Å². The molecule has 2 aliphatic heterocycles. The first-order valence-corrected chi connectivity index (χ1v) is 9.47. The summed E-state index contributed by atoms with van der Waals surface area (Å²) < 4.78 is 20.4. The standard InChI is InChI=1S/C21H22FN3O3/c1-3-28-18(26)11-25-17-8-13(14-9-23-10-14)7-16(22)19(17)15-5-4-6-24-20(15)12(2)21(25)27/h4-8,12,14,23H,3,9-11H2,1-2H3. The van der Waals surface area contributed by atoms with Crippen LogP contribution in [0.1, 0.15) is 36.9 Å². The van der Waals surface area contributed by atoms with Crippen molar-refractivity contribution in [2.45, 2.75) is 25.7 Å². The van der Waals surface area contributed by atoms with Crippen molar-refractivity contribution in [1.29, 1.82) is 0 Å². The minimum Gasteiger partial charge on any atom is -0.465 e. The molecule has 1 atom stereocenters. The number of hydrogen-bond donors (Lipinski definition) is 1. The van der Waals surface area contributed by atoms with E-state index in [-0.39, 0.29) is 25.0 Å². The summed E-state index contributed by atoms with van der Waals surface area (Å²) in [6.07, 6.45) is 1.59. The van der Waals surface area contributed by atoms with E-state index in [4.69, 9.17) is 4.74 Å². The maximum absolute atomic E-state index is 15.3. The Kier molecular flexibility index (Phi) is 4.85. The van der Waals surface area contributed by atoms with Crippen LogP contribution in [0.25, 0.3) is 11.1 Å². The molecule has 3 heterocycles. The zero-order chi connectivity index (χ0) is 19.8. The Morgan fingerprint density at radius 3 is 2.86 bits per heavy atom. The molecule has 0 aliphatic carbocycles. The number of hydrogen-bond acceptors (Lipinski definition) is 5. The van der Waals surface area contributed by atoms with Crippen molar-refractivity contribution >= 4 is 17.6 Å². The quantitative estimate of drug-likeness (QED) is 0.822. The first-order valence-electron chi connectivity index (χ1n) is 9.47. The van der Waals surface area contributed by atoms with Crippen molar-refractivity contribution < 1.29 is 18.7 Å². The van der Waals surface area contributed by atoms with Crippen molar-refractivity contribution in [2.75, 3.05) is 31.1 Å². The van der Waals surface area contributed by atoms with Crippen molar-refractivity contribution in [3.63, 3.8) is 0 Å². The second-order valence-electron chi connectivity index (χ2n) is 7.14. The number of benzene rings is 1. The van der Waals surface area contributed by atoms with Crippen LogP contribution < -0.4 is 10.2 Å². The smallest absolute Gasteiger partial charge is 0.326 e. The van der Waals surface area contributed by atoms with Gasteiger partial charge in [-0.25, -0.2) is 4.39 Å². The van der Waals surface area contributed by atoms with Gasteiger partial charge in [0.25, 0.3) is 0 Å². The Labute approximate surface area is 162 Å². The zero-order valence-corrected chi connectivity index (χ0v) is 15.9. The molecule has 6 nitrogen and oxygen atoms in total. The fourth-order valence-corrected chi connectivity index (χ4v) is 3.79. The third kappa shape index (κ3) is 3.05. The van der Waals surface area contributed by atoms with Gasteiger partial charge in [-0.15, -0.1) is 0 Å². The molecule has 7 heteroatoms. The van der Waals surface area contributed by atoms with E-state index in [1.54, 1.807) is 32.2 Å². The van der Waals surface area contributed by atoms with Crippen LogP contribution in [-0.2, 0) is 14.3 Å². The minimum atomic E-state index is -0.605. The number of ether oxygens (including phenoxy) is 1. The molecule has 2 aromatic rings. The predicted molar refractivity (Wildman–Crippen MR) is 103 cm³/mol. The van der Waals surface area contributed by atoms with E-state index in [9.17, 15) is 9.59 Å². The van der Waals surface area contributed by atoms with Gasteiger partial charge in [0.15, 0.2) is 0 Å². The van der Waals surface area contributed by atoms with Gasteiger partial charge < -0.3 is 10.1 Å². The fourth-order valence-electron chi connectivity index (χ4n) is 3.79. The molecule has 28 heavy (non-hydrogen) atoms. The van der Waals surface area contributed by atoms with Gasteiger partial charge in [0.05, 0.1) is 23.9 Å². The summed E-state index contributed by atoms with van der Waals surface area (Å²) in [5.41, 5.74) is 2.62. The number of anilines is 1. The maximum atomic E-state index is 15.3. The van der Waals surface area contributed by atoms with Crippen LogP contribution in [0.3, 0.4) is 0 Å². The van der Waals surface area contributed by atoms with Gasteiger partial charge in [0.1, 0.15) is 12.4 Å². The number of carbonyl (C=O) groups is 2. The van der Waals surface area contributed by atoms with Gasteiger partial charge in [0.2, 0.25) is 5.91 Å². The molecule has 1 fully saturated rings. The van der Waals surface area contributed by atoms with Gasteiger partial charge >= 0.3 is 5.97 Å². The Morgan fingerprint density at radius 1 is 1.39 bits per heavy atom. The fraction of sp³-hybridized carbons (Fsp3) is 0.381. The van der Waals surface area contributed by atoms with Gasteiger partial charge in [0, 0.05) is 36.3 Å². The first kappa shape index (κ1) is 18.6. The number of fused-ring (bicyclic) bond motifs is 3. The molecule has 1 aromatic carbocycles. The first-order chi connectivity index (χ1) is 13.5. The summed E-state index contributed by atoms with van der Waals surface area (Å²) >= 11 is 0. The summed E-state index contributed by atoms with van der Waals surface area (Å²) in [6.45, 7) is 4.92. The zero-order valence-electron chi connectivity index (χ0n) is 15.9. The lowest BCUT2D eigenvalue weighted by Crippen LogP contribution is -2.41. The Bertz CT molecular complexity index is 942. The highest BCUT2D eigenvalue weighted by Crippen LogP contribution is 2.43. The van der Waals surface area contributed by atoms with E-state index in [0.29, 0.717) is 22.5 Å². The Morgan fingerprint density at radius 2 is 2.18 bits per heavy atom. The summed E-state index contributed by atoms with van der Waals surface area (Å²) in [4.78, 5) is 31.1. The third-order valence-electron chi connectivity index (χ3n) is 5.38. The molecule has 146 valence electrons. The molecule has 0 bridgehead atoms. The lowest BCUT2D eigenvalue weighted by Gasteiger charge is -2.30. The SMILES string of the molecule is CCOC(=O)CN1C(=O)C(C)c2ncccc2-c2c(F)cc(C3CNC3)cc21. The molecule has 1 amide bonds. The van der Waals surface area contributed by atoms with Crippen LogP contribution in [0.4, 0.5) is 10.1 Å². The lowest BCUT2D eigenvalue weighted by molar-refractivity contribution is -0.142. The summed E-state index contributed by atoms with van der Waals surface area (Å²) in [5, 5.41) is 3.18. The largest absolute Gasteiger partial charge is 0.465 e. The predicted octanol–water partition coefficient (Wildman–Crippen LogP) is 2.59. The molecule has 4 rings (SSSR count).